The number of carbonyl (C=O) groups is 1. The second-order valence-corrected chi connectivity index (χ2v) is 4.82. The number of carbonyl (C=O) groups excluding carboxylic acids is 1. The Hall–Kier alpha value is -1.40. The molecule has 6 nitrogen and oxygen atoms in total. The van der Waals surface area contributed by atoms with Crippen LogP contribution in [0.2, 0.25) is 0 Å². The maximum absolute atomic E-state index is 12.0. The van der Waals surface area contributed by atoms with Crippen molar-refractivity contribution in [3.8, 4) is 0 Å². The molecule has 0 spiro atoms. The Balaban J connectivity index is 1.94. The zero-order valence-corrected chi connectivity index (χ0v) is 10.8. The van der Waals surface area contributed by atoms with Gasteiger partial charge in [0.1, 0.15) is 0 Å². The number of nitrogens with one attached hydrogen (secondary N) is 1. The van der Waals surface area contributed by atoms with E-state index in [-0.39, 0.29) is 12.5 Å². The van der Waals surface area contributed by atoms with Crippen molar-refractivity contribution in [2.75, 3.05) is 19.8 Å². The monoisotopic (exact) mass is 253 g/mol. The Kier molecular flexibility index (Phi) is 3.68. The van der Waals surface area contributed by atoms with Crippen LogP contribution in [0.1, 0.15) is 28.9 Å². The summed E-state index contributed by atoms with van der Waals surface area (Å²) in [5.41, 5.74) is 0.395. The average molecular weight is 253 g/mol. The van der Waals surface area contributed by atoms with E-state index in [0.29, 0.717) is 37.3 Å². The van der Waals surface area contributed by atoms with E-state index < -0.39 is 5.60 Å². The average Bonchev–Trinajstić information content (AvgIpc) is 2.67. The van der Waals surface area contributed by atoms with E-state index >= 15 is 0 Å². The molecule has 100 valence electrons. The van der Waals surface area contributed by atoms with E-state index in [1.54, 1.807) is 24.9 Å². The molecule has 0 aliphatic carbocycles. The van der Waals surface area contributed by atoms with Crippen molar-refractivity contribution in [1.82, 2.24) is 15.1 Å². The molecule has 0 saturated carbocycles. The lowest BCUT2D eigenvalue weighted by atomic mass is 9.94. The molecule has 6 heteroatoms. The van der Waals surface area contributed by atoms with Crippen molar-refractivity contribution >= 4 is 5.91 Å². The van der Waals surface area contributed by atoms with Crippen molar-refractivity contribution in [1.29, 1.82) is 0 Å². The molecule has 1 saturated heterocycles. The predicted molar refractivity (Wildman–Crippen MR) is 65.3 cm³/mol. The summed E-state index contributed by atoms with van der Waals surface area (Å²) in [6.07, 6.45) is 2.79. The van der Waals surface area contributed by atoms with Crippen LogP contribution in [0.4, 0.5) is 0 Å². The maximum atomic E-state index is 12.0. The third-order valence-corrected chi connectivity index (χ3v) is 3.26. The Morgan fingerprint density at radius 2 is 2.28 bits per heavy atom. The molecule has 2 heterocycles. The minimum atomic E-state index is -0.843. The minimum absolute atomic E-state index is 0.194. The Bertz CT molecular complexity index is 436. The standard InChI is InChI=1S/C12H19N3O3/c1-9-10(7-15(2)14-9)11(16)13-8-12(17)3-5-18-6-4-12/h7,17H,3-6,8H2,1-2H3,(H,13,16). The van der Waals surface area contributed by atoms with Gasteiger partial charge in [0.15, 0.2) is 0 Å². The largest absolute Gasteiger partial charge is 0.388 e. The first kappa shape index (κ1) is 13.0. The quantitative estimate of drug-likeness (QED) is 0.795. The van der Waals surface area contributed by atoms with Gasteiger partial charge in [0.2, 0.25) is 0 Å². The number of rotatable bonds is 3. The van der Waals surface area contributed by atoms with E-state index in [2.05, 4.69) is 10.4 Å². The normalized spacial score (nSPS) is 18.6. The summed E-state index contributed by atoms with van der Waals surface area (Å²) in [5, 5.41) is 17.1. The van der Waals surface area contributed by atoms with Gasteiger partial charge in [-0.05, 0) is 6.92 Å². The summed E-state index contributed by atoms with van der Waals surface area (Å²) in [6, 6.07) is 0. The van der Waals surface area contributed by atoms with Gasteiger partial charge in [-0.2, -0.15) is 5.10 Å². The molecule has 0 aromatic carbocycles. The molecule has 0 radical (unpaired) electrons. The van der Waals surface area contributed by atoms with E-state index in [0.717, 1.165) is 0 Å². The first-order valence-corrected chi connectivity index (χ1v) is 6.09. The highest BCUT2D eigenvalue weighted by atomic mass is 16.5. The van der Waals surface area contributed by atoms with Crippen LogP contribution in [0.15, 0.2) is 6.20 Å². The van der Waals surface area contributed by atoms with Gasteiger partial charge in [-0.25, -0.2) is 0 Å². The van der Waals surface area contributed by atoms with Gasteiger partial charge in [0.05, 0.1) is 16.9 Å². The zero-order chi connectivity index (χ0) is 13.2. The highest BCUT2D eigenvalue weighted by molar-refractivity contribution is 5.95. The van der Waals surface area contributed by atoms with Crippen molar-refractivity contribution in [2.45, 2.75) is 25.4 Å². The topological polar surface area (TPSA) is 76.4 Å². The Morgan fingerprint density at radius 3 is 2.83 bits per heavy atom. The van der Waals surface area contributed by atoms with Gasteiger partial charge in [0.25, 0.3) is 5.91 Å². The van der Waals surface area contributed by atoms with Crippen LogP contribution in [0, 0.1) is 6.92 Å². The fraction of sp³-hybridized carbons (Fsp3) is 0.667. The molecule has 0 unspecified atom stereocenters. The molecule has 1 aromatic heterocycles. The van der Waals surface area contributed by atoms with Gasteiger partial charge in [0, 0.05) is 45.8 Å². The first-order valence-electron chi connectivity index (χ1n) is 6.09. The molecule has 0 atom stereocenters. The van der Waals surface area contributed by atoms with Gasteiger partial charge in [-0.1, -0.05) is 0 Å². The molecule has 18 heavy (non-hydrogen) atoms. The highest BCUT2D eigenvalue weighted by Crippen LogP contribution is 2.19. The van der Waals surface area contributed by atoms with Crippen molar-refractivity contribution in [2.24, 2.45) is 7.05 Å². The fourth-order valence-electron chi connectivity index (χ4n) is 2.09. The van der Waals surface area contributed by atoms with Gasteiger partial charge < -0.3 is 15.2 Å². The number of hydrogen-bond acceptors (Lipinski definition) is 4. The van der Waals surface area contributed by atoms with Crippen molar-refractivity contribution in [3.05, 3.63) is 17.5 Å². The van der Waals surface area contributed by atoms with E-state index in [9.17, 15) is 9.90 Å². The molecule has 1 aliphatic heterocycles. The van der Waals surface area contributed by atoms with Crippen LogP contribution < -0.4 is 5.32 Å². The summed E-state index contributed by atoms with van der Waals surface area (Å²) in [4.78, 5) is 12.0. The molecule has 1 amide bonds. The van der Waals surface area contributed by atoms with Gasteiger partial charge in [-0.15, -0.1) is 0 Å². The third-order valence-electron chi connectivity index (χ3n) is 3.26. The SMILES string of the molecule is Cc1nn(C)cc1C(=O)NCC1(O)CCOCC1. The second kappa shape index (κ2) is 5.07. The van der Waals surface area contributed by atoms with Crippen LogP contribution in [-0.4, -0.2) is 46.2 Å². The van der Waals surface area contributed by atoms with E-state index in [1.807, 2.05) is 0 Å². The lowest BCUT2D eigenvalue weighted by molar-refractivity contribution is -0.0605. The van der Waals surface area contributed by atoms with Gasteiger partial charge in [-0.3, -0.25) is 9.48 Å². The minimum Gasteiger partial charge on any atom is -0.388 e. The molecule has 0 bridgehead atoms. The van der Waals surface area contributed by atoms with E-state index in [1.165, 1.54) is 0 Å². The van der Waals surface area contributed by atoms with Crippen LogP contribution in [0.25, 0.3) is 0 Å². The number of aliphatic hydroxyl groups is 1. The van der Waals surface area contributed by atoms with Crippen LogP contribution in [0.5, 0.6) is 0 Å². The van der Waals surface area contributed by atoms with E-state index in [4.69, 9.17) is 4.74 Å². The van der Waals surface area contributed by atoms with Crippen molar-refractivity contribution < 1.29 is 14.6 Å². The number of ether oxygens (including phenoxy) is 1. The summed E-state index contributed by atoms with van der Waals surface area (Å²) < 4.78 is 6.80. The number of amides is 1. The lowest BCUT2D eigenvalue weighted by Gasteiger charge is -2.32. The number of nitrogens with zero attached hydrogens (tertiary/aromatic N) is 2. The van der Waals surface area contributed by atoms with Crippen LogP contribution in [-0.2, 0) is 11.8 Å². The molecule has 2 N–H and O–H groups in total. The summed E-state index contributed by atoms with van der Waals surface area (Å²) >= 11 is 0. The summed E-state index contributed by atoms with van der Waals surface area (Å²) in [5.74, 6) is -0.194. The smallest absolute Gasteiger partial charge is 0.254 e. The molecular formula is C12H19N3O3. The second-order valence-electron chi connectivity index (χ2n) is 4.82. The Morgan fingerprint density at radius 1 is 1.61 bits per heavy atom. The molecule has 1 fully saturated rings. The summed E-state index contributed by atoms with van der Waals surface area (Å²) in [7, 11) is 1.77. The lowest BCUT2D eigenvalue weighted by Crippen LogP contribution is -2.46. The highest BCUT2D eigenvalue weighted by Gasteiger charge is 2.30. The molecular weight excluding hydrogens is 234 g/mol. The number of hydrogen-bond donors (Lipinski definition) is 2. The van der Waals surface area contributed by atoms with Crippen LogP contribution >= 0.6 is 0 Å². The van der Waals surface area contributed by atoms with Gasteiger partial charge >= 0.3 is 0 Å². The fourth-order valence-corrected chi connectivity index (χ4v) is 2.09. The Labute approximate surface area is 106 Å². The third kappa shape index (κ3) is 2.88. The first-order chi connectivity index (χ1) is 8.50. The molecule has 2 rings (SSSR count). The maximum Gasteiger partial charge on any atom is 0.254 e. The number of aromatic nitrogens is 2. The number of aryl methyl sites for hydroxylation is 2. The van der Waals surface area contributed by atoms with Crippen molar-refractivity contribution in [3.63, 3.8) is 0 Å². The molecule has 1 aromatic rings. The molecule has 1 aliphatic rings. The van der Waals surface area contributed by atoms with Crippen LogP contribution in [0.3, 0.4) is 0 Å². The summed E-state index contributed by atoms with van der Waals surface area (Å²) in [6.45, 7) is 3.12. The zero-order valence-electron chi connectivity index (χ0n) is 10.8. The predicted octanol–water partition coefficient (Wildman–Crippen LogP) is -0.000180.